The predicted molar refractivity (Wildman–Crippen MR) is 87.9 cm³/mol. The van der Waals surface area contributed by atoms with E-state index in [1.54, 1.807) is 24.3 Å². The molecular weight excluding hydrogens is 316 g/mol. The maximum absolute atomic E-state index is 12.0. The first kappa shape index (κ1) is 16.9. The number of nitrogens with zero attached hydrogens (tertiary/aromatic N) is 2. The van der Waals surface area contributed by atoms with Crippen molar-refractivity contribution < 1.29 is 14.3 Å². The molecule has 0 aliphatic rings. The Balaban J connectivity index is 1.82. The van der Waals surface area contributed by atoms with Crippen molar-refractivity contribution in [3.63, 3.8) is 0 Å². The van der Waals surface area contributed by atoms with Crippen LogP contribution in [-0.2, 0) is 11.2 Å². The molecule has 0 aliphatic heterocycles. The minimum atomic E-state index is -0.344. The smallest absolute Gasteiger partial charge is 0.251 e. The Morgan fingerprint density at radius 2 is 1.91 bits per heavy atom. The Labute approximate surface area is 138 Å². The molecule has 2 aromatic rings. The fourth-order valence-electron chi connectivity index (χ4n) is 1.74. The van der Waals surface area contributed by atoms with Crippen molar-refractivity contribution in [3.8, 4) is 5.75 Å². The Morgan fingerprint density at radius 3 is 2.52 bits per heavy atom. The van der Waals surface area contributed by atoms with E-state index in [2.05, 4.69) is 20.8 Å². The van der Waals surface area contributed by atoms with Gasteiger partial charge in [-0.1, -0.05) is 18.3 Å². The van der Waals surface area contributed by atoms with Crippen LogP contribution in [0, 0.1) is 0 Å². The lowest BCUT2D eigenvalue weighted by Gasteiger charge is -2.06. The van der Waals surface area contributed by atoms with Gasteiger partial charge in [0.25, 0.3) is 5.91 Å². The molecule has 2 rings (SSSR count). The van der Waals surface area contributed by atoms with E-state index in [1.165, 1.54) is 11.3 Å². The molecule has 0 bridgehead atoms. The van der Waals surface area contributed by atoms with E-state index in [1.807, 2.05) is 13.8 Å². The van der Waals surface area contributed by atoms with Crippen LogP contribution in [0.4, 0.5) is 5.13 Å². The zero-order chi connectivity index (χ0) is 16.7. The molecule has 1 aromatic heterocycles. The molecule has 7 nitrogen and oxygen atoms in total. The summed E-state index contributed by atoms with van der Waals surface area (Å²) < 4.78 is 5.31. The monoisotopic (exact) mass is 334 g/mol. The summed E-state index contributed by atoms with van der Waals surface area (Å²) in [4.78, 5) is 23.7. The summed E-state index contributed by atoms with van der Waals surface area (Å²) in [6, 6.07) is 6.73. The number of aryl methyl sites for hydroxylation is 1. The molecular formula is C15H18N4O3S. The molecule has 0 saturated carbocycles. The molecule has 2 amide bonds. The summed E-state index contributed by atoms with van der Waals surface area (Å²) in [6.45, 7) is 4.29. The third kappa shape index (κ3) is 5.03. The predicted octanol–water partition coefficient (Wildman–Crippen LogP) is 1.87. The number of nitrogens with one attached hydrogen (secondary N) is 2. The van der Waals surface area contributed by atoms with Gasteiger partial charge in [0.2, 0.25) is 11.0 Å². The van der Waals surface area contributed by atoms with Crippen molar-refractivity contribution in [2.45, 2.75) is 20.3 Å². The van der Waals surface area contributed by atoms with Crippen LogP contribution in [0.2, 0.25) is 0 Å². The zero-order valence-electron chi connectivity index (χ0n) is 13.0. The number of amides is 2. The van der Waals surface area contributed by atoms with Gasteiger partial charge in [-0.2, -0.15) is 0 Å². The largest absolute Gasteiger partial charge is 0.494 e. The molecule has 0 spiro atoms. The highest BCUT2D eigenvalue weighted by atomic mass is 32.1. The lowest BCUT2D eigenvalue weighted by atomic mass is 10.2. The third-order valence-electron chi connectivity index (χ3n) is 2.85. The van der Waals surface area contributed by atoms with Crippen LogP contribution in [0.5, 0.6) is 5.75 Å². The number of hydrogen-bond donors (Lipinski definition) is 2. The Kier molecular flexibility index (Phi) is 6.04. The summed E-state index contributed by atoms with van der Waals surface area (Å²) in [5.41, 5.74) is 0.463. The molecule has 0 unspecified atom stereocenters. The quantitative estimate of drug-likeness (QED) is 0.806. The highest BCUT2D eigenvalue weighted by Crippen LogP contribution is 2.15. The summed E-state index contributed by atoms with van der Waals surface area (Å²) in [7, 11) is 0. The molecule has 122 valence electrons. The van der Waals surface area contributed by atoms with Gasteiger partial charge in [0.15, 0.2) is 0 Å². The average molecular weight is 334 g/mol. The number of aromatic nitrogens is 2. The normalized spacial score (nSPS) is 10.2. The zero-order valence-corrected chi connectivity index (χ0v) is 13.8. The topological polar surface area (TPSA) is 93.2 Å². The van der Waals surface area contributed by atoms with Crippen molar-refractivity contribution in [2.75, 3.05) is 18.5 Å². The molecule has 0 atom stereocenters. The number of carbonyl (C=O) groups excluding carboxylic acids is 2. The Bertz CT molecular complexity index is 670. The highest BCUT2D eigenvalue weighted by molar-refractivity contribution is 7.15. The van der Waals surface area contributed by atoms with Gasteiger partial charge in [0, 0.05) is 5.56 Å². The van der Waals surface area contributed by atoms with Gasteiger partial charge in [0.05, 0.1) is 13.2 Å². The van der Waals surface area contributed by atoms with Crippen molar-refractivity contribution in [3.05, 3.63) is 34.8 Å². The van der Waals surface area contributed by atoms with Crippen LogP contribution in [-0.4, -0.2) is 35.2 Å². The van der Waals surface area contributed by atoms with Crippen molar-refractivity contribution >= 4 is 28.3 Å². The van der Waals surface area contributed by atoms with Gasteiger partial charge in [0.1, 0.15) is 10.8 Å². The second-order valence-corrected chi connectivity index (χ2v) is 5.60. The number of ether oxygens (including phenoxy) is 1. The highest BCUT2D eigenvalue weighted by Gasteiger charge is 2.10. The van der Waals surface area contributed by atoms with Gasteiger partial charge < -0.3 is 10.1 Å². The first-order valence-electron chi connectivity index (χ1n) is 7.25. The molecule has 8 heteroatoms. The van der Waals surface area contributed by atoms with Crippen molar-refractivity contribution in [2.24, 2.45) is 0 Å². The van der Waals surface area contributed by atoms with E-state index in [-0.39, 0.29) is 18.4 Å². The third-order valence-corrected chi connectivity index (χ3v) is 3.84. The fourth-order valence-corrected chi connectivity index (χ4v) is 2.44. The van der Waals surface area contributed by atoms with Gasteiger partial charge in [-0.3, -0.25) is 14.9 Å². The SMILES string of the molecule is CCOc1ccc(C(=O)NCC(=O)Nc2nnc(CC)s2)cc1. The van der Waals surface area contributed by atoms with Crippen LogP contribution < -0.4 is 15.4 Å². The van der Waals surface area contributed by atoms with E-state index >= 15 is 0 Å². The van der Waals surface area contributed by atoms with Crippen LogP contribution in [0.1, 0.15) is 29.2 Å². The van der Waals surface area contributed by atoms with Crippen LogP contribution in [0.15, 0.2) is 24.3 Å². The van der Waals surface area contributed by atoms with Crippen LogP contribution >= 0.6 is 11.3 Å². The number of anilines is 1. The lowest BCUT2D eigenvalue weighted by Crippen LogP contribution is -2.32. The molecule has 23 heavy (non-hydrogen) atoms. The molecule has 1 heterocycles. The fraction of sp³-hybridized carbons (Fsp3) is 0.333. The maximum Gasteiger partial charge on any atom is 0.251 e. The van der Waals surface area contributed by atoms with Crippen molar-refractivity contribution in [1.29, 1.82) is 0 Å². The molecule has 0 aliphatic carbocycles. The van der Waals surface area contributed by atoms with Gasteiger partial charge in [-0.05, 0) is 37.6 Å². The number of hydrogen-bond acceptors (Lipinski definition) is 6. The Hall–Kier alpha value is -2.48. The Morgan fingerprint density at radius 1 is 1.17 bits per heavy atom. The van der Waals surface area contributed by atoms with E-state index in [9.17, 15) is 9.59 Å². The minimum Gasteiger partial charge on any atom is -0.494 e. The summed E-state index contributed by atoms with van der Waals surface area (Å²) in [5.74, 6) is 0.0302. The molecule has 0 saturated heterocycles. The summed E-state index contributed by atoms with van der Waals surface area (Å²) >= 11 is 1.32. The molecule has 1 aromatic carbocycles. The molecule has 0 radical (unpaired) electrons. The van der Waals surface area contributed by atoms with Gasteiger partial charge in [-0.25, -0.2) is 0 Å². The van der Waals surface area contributed by atoms with Gasteiger partial charge in [-0.15, -0.1) is 10.2 Å². The lowest BCUT2D eigenvalue weighted by molar-refractivity contribution is -0.115. The molecule has 2 N–H and O–H groups in total. The first-order valence-corrected chi connectivity index (χ1v) is 8.07. The van der Waals surface area contributed by atoms with E-state index in [0.29, 0.717) is 23.1 Å². The maximum atomic E-state index is 12.0. The minimum absolute atomic E-state index is 0.132. The summed E-state index contributed by atoms with van der Waals surface area (Å²) in [6.07, 6.45) is 0.766. The summed E-state index contributed by atoms with van der Waals surface area (Å²) in [5, 5.41) is 14.2. The molecule has 0 fully saturated rings. The van der Waals surface area contributed by atoms with E-state index in [4.69, 9.17) is 4.74 Å². The average Bonchev–Trinajstić information content (AvgIpc) is 3.01. The van der Waals surface area contributed by atoms with Gasteiger partial charge >= 0.3 is 0 Å². The number of carbonyl (C=O) groups is 2. The number of benzene rings is 1. The van der Waals surface area contributed by atoms with Crippen LogP contribution in [0.25, 0.3) is 0 Å². The second kappa shape index (κ2) is 8.23. The van der Waals surface area contributed by atoms with E-state index < -0.39 is 0 Å². The van der Waals surface area contributed by atoms with E-state index in [0.717, 1.165) is 11.4 Å². The number of rotatable bonds is 7. The first-order chi connectivity index (χ1) is 11.1. The van der Waals surface area contributed by atoms with Crippen LogP contribution in [0.3, 0.4) is 0 Å². The standard InChI is InChI=1S/C15H18N4O3S/c1-3-13-18-19-15(23-13)17-12(20)9-16-14(21)10-5-7-11(8-6-10)22-4-2/h5-8H,3-4,9H2,1-2H3,(H,16,21)(H,17,19,20). The van der Waals surface area contributed by atoms with Crippen molar-refractivity contribution in [1.82, 2.24) is 15.5 Å². The second-order valence-electron chi connectivity index (χ2n) is 4.54.